The molecule has 0 saturated heterocycles. The number of hydrogen-bond donors (Lipinski definition) is 1. The van der Waals surface area contributed by atoms with E-state index in [9.17, 15) is 0 Å². The fourth-order valence-corrected chi connectivity index (χ4v) is 1.93. The number of hydrogen-bond acceptors (Lipinski definition) is 3. The van der Waals surface area contributed by atoms with E-state index in [1.54, 1.807) is 21.3 Å². The van der Waals surface area contributed by atoms with E-state index < -0.39 is 0 Å². The lowest BCUT2D eigenvalue weighted by Crippen LogP contribution is -2.38. The molecule has 0 amide bonds. The molecule has 0 bridgehead atoms. The standard InChI is InChI=1S/C15H25N3O2.HI/c1-6-9-17-15(16-2)18(3)11-12-7-8-13(19-4)10-14(12)20-5;/h7-8,10H,6,9,11H2,1-5H3,(H,16,17);1H. The van der Waals surface area contributed by atoms with Crippen LogP contribution in [-0.2, 0) is 6.54 Å². The number of ether oxygens (including phenoxy) is 2. The van der Waals surface area contributed by atoms with Crippen LogP contribution < -0.4 is 14.8 Å². The van der Waals surface area contributed by atoms with Gasteiger partial charge in [0, 0.05) is 38.8 Å². The molecule has 0 saturated carbocycles. The summed E-state index contributed by atoms with van der Waals surface area (Å²) in [5.74, 6) is 2.49. The fourth-order valence-electron chi connectivity index (χ4n) is 1.93. The molecule has 0 fully saturated rings. The maximum atomic E-state index is 5.42. The molecule has 0 spiro atoms. The van der Waals surface area contributed by atoms with Crippen LogP contribution >= 0.6 is 24.0 Å². The number of halogens is 1. The first-order valence-electron chi connectivity index (χ1n) is 6.78. The molecule has 0 aliphatic rings. The van der Waals surface area contributed by atoms with Crippen molar-refractivity contribution in [2.45, 2.75) is 19.9 Å². The van der Waals surface area contributed by atoms with Crippen LogP contribution in [0.1, 0.15) is 18.9 Å². The third kappa shape index (κ3) is 5.99. The molecule has 21 heavy (non-hydrogen) atoms. The molecule has 1 N–H and O–H groups in total. The highest BCUT2D eigenvalue weighted by atomic mass is 127. The van der Waals surface area contributed by atoms with Crippen LogP contribution in [0, 0.1) is 0 Å². The minimum Gasteiger partial charge on any atom is -0.497 e. The third-order valence-electron chi connectivity index (χ3n) is 3.01. The number of guanidine groups is 1. The lowest BCUT2D eigenvalue weighted by molar-refractivity contribution is 0.382. The second-order valence-electron chi connectivity index (χ2n) is 4.51. The van der Waals surface area contributed by atoms with Crippen molar-refractivity contribution in [3.8, 4) is 11.5 Å². The Hall–Kier alpha value is -1.18. The van der Waals surface area contributed by atoms with Gasteiger partial charge in [0.05, 0.1) is 14.2 Å². The van der Waals surface area contributed by atoms with Gasteiger partial charge >= 0.3 is 0 Å². The number of nitrogens with zero attached hydrogens (tertiary/aromatic N) is 2. The molecule has 0 radical (unpaired) electrons. The summed E-state index contributed by atoms with van der Waals surface area (Å²) in [6.07, 6.45) is 1.07. The van der Waals surface area contributed by atoms with E-state index in [2.05, 4.69) is 22.1 Å². The van der Waals surface area contributed by atoms with Crippen LogP contribution in [0.3, 0.4) is 0 Å². The Labute approximate surface area is 144 Å². The predicted octanol–water partition coefficient (Wildman–Crippen LogP) is 2.74. The first kappa shape index (κ1) is 19.8. The Morgan fingerprint density at radius 2 is 2.00 bits per heavy atom. The monoisotopic (exact) mass is 407 g/mol. The van der Waals surface area contributed by atoms with Crippen LogP contribution in [-0.4, -0.2) is 45.7 Å². The van der Waals surface area contributed by atoms with Gasteiger partial charge in [0.1, 0.15) is 11.5 Å². The summed E-state index contributed by atoms with van der Waals surface area (Å²) in [7, 11) is 7.12. The molecule has 0 atom stereocenters. The third-order valence-corrected chi connectivity index (χ3v) is 3.01. The van der Waals surface area contributed by atoms with Gasteiger partial charge in [0.15, 0.2) is 5.96 Å². The Morgan fingerprint density at radius 1 is 1.29 bits per heavy atom. The maximum Gasteiger partial charge on any atom is 0.193 e. The zero-order valence-corrected chi connectivity index (χ0v) is 15.8. The summed E-state index contributed by atoms with van der Waals surface area (Å²) in [6, 6.07) is 5.85. The van der Waals surface area contributed by atoms with Gasteiger partial charge in [-0.1, -0.05) is 6.92 Å². The fraction of sp³-hybridized carbons (Fsp3) is 0.533. The smallest absolute Gasteiger partial charge is 0.193 e. The van der Waals surface area contributed by atoms with Crippen molar-refractivity contribution in [1.29, 1.82) is 0 Å². The van der Waals surface area contributed by atoms with Gasteiger partial charge in [0.25, 0.3) is 0 Å². The van der Waals surface area contributed by atoms with Crippen molar-refractivity contribution in [3.05, 3.63) is 23.8 Å². The van der Waals surface area contributed by atoms with Crippen LogP contribution in [0.4, 0.5) is 0 Å². The molecule has 5 nitrogen and oxygen atoms in total. The normalized spacial score (nSPS) is 10.6. The lowest BCUT2D eigenvalue weighted by Gasteiger charge is -2.23. The second kappa shape index (κ2) is 10.5. The second-order valence-corrected chi connectivity index (χ2v) is 4.51. The summed E-state index contributed by atoms with van der Waals surface area (Å²) < 4.78 is 10.6. The molecule has 1 aromatic rings. The number of aliphatic imine (C=N–C) groups is 1. The molecule has 0 unspecified atom stereocenters. The Kier molecular flexibility index (Phi) is 9.94. The van der Waals surface area contributed by atoms with E-state index >= 15 is 0 Å². The molecule has 120 valence electrons. The molecular formula is C15H26IN3O2. The first-order valence-corrected chi connectivity index (χ1v) is 6.78. The van der Waals surface area contributed by atoms with Crippen LogP contribution in [0.15, 0.2) is 23.2 Å². The zero-order chi connectivity index (χ0) is 15.0. The maximum absolute atomic E-state index is 5.42. The highest BCUT2D eigenvalue weighted by Crippen LogP contribution is 2.25. The van der Waals surface area contributed by atoms with Gasteiger partial charge in [-0.05, 0) is 18.6 Å². The summed E-state index contributed by atoms with van der Waals surface area (Å²) in [6.45, 7) is 3.76. The zero-order valence-electron chi connectivity index (χ0n) is 13.5. The highest BCUT2D eigenvalue weighted by Gasteiger charge is 2.10. The Balaban J connectivity index is 0.00000400. The number of methoxy groups -OCH3 is 2. The van der Waals surface area contributed by atoms with Gasteiger partial charge in [-0.2, -0.15) is 0 Å². The molecule has 0 aromatic heterocycles. The Bertz CT molecular complexity index is 453. The van der Waals surface area contributed by atoms with Crippen LogP contribution in [0.25, 0.3) is 0 Å². The van der Waals surface area contributed by atoms with Gasteiger partial charge in [-0.25, -0.2) is 0 Å². The molecule has 1 rings (SSSR count). The molecule has 0 aliphatic heterocycles. The average Bonchev–Trinajstić information content (AvgIpc) is 2.48. The summed E-state index contributed by atoms with van der Waals surface area (Å²) in [4.78, 5) is 6.35. The van der Waals surface area contributed by atoms with E-state index in [4.69, 9.17) is 9.47 Å². The van der Waals surface area contributed by atoms with Crippen molar-refractivity contribution in [2.24, 2.45) is 4.99 Å². The lowest BCUT2D eigenvalue weighted by atomic mass is 10.2. The molecule has 0 aliphatic carbocycles. The summed E-state index contributed by atoms with van der Waals surface area (Å²) in [5.41, 5.74) is 1.09. The van der Waals surface area contributed by atoms with E-state index in [0.29, 0.717) is 0 Å². The van der Waals surface area contributed by atoms with E-state index in [1.807, 2.05) is 25.2 Å². The molecule has 0 heterocycles. The van der Waals surface area contributed by atoms with Crippen molar-refractivity contribution in [2.75, 3.05) is 34.9 Å². The SMILES string of the molecule is CCCNC(=NC)N(C)Cc1ccc(OC)cc1OC.I. The van der Waals surface area contributed by atoms with Gasteiger partial charge in [-0.3, -0.25) is 4.99 Å². The minimum atomic E-state index is 0. The van der Waals surface area contributed by atoms with Crippen molar-refractivity contribution in [3.63, 3.8) is 0 Å². The number of nitrogens with one attached hydrogen (secondary N) is 1. The largest absolute Gasteiger partial charge is 0.497 e. The van der Waals surface area contributed by atoms with Crippen LogP contribution in [0.2, 0.25) is 0 Å². The quantitative estimate of drug-likeness (QED) is 0.448. The van der Waals surface area contributed by atoms with Gasteiger partial charge in [0.2, 0.25) is 0 Å². The number of rotatable bonds is 6. The highest BCUT2D eigenvalue weighted by molar-refractivity contribution is 14.0. The van der Waals surface area contributed by atoms with Gasteiger partial charge in [-0.15, -0.1) is 24.0 Å². The van der Waals surface area contributed by atoms with E-state index in [1.165, 1.54) is 0 Å². The van der Waals surface area contributed by atoms with Crippen LogP contribution in [0.5, 0.6) is 11.5 Å². The minimum absolute atomic E-state index is 0. The van der Waals surface area contributed by atoms with E-state index in [-0.39, 0.29) is 24.0 Å². The molecular weight excluding hydrogens is 381 g/mol. The molecule has 1 aromatic carbocycles. The summed E-state index contributed by atoms with van der Waals surface area (Å²) in [5, 5.41) is 3.31. The predicted molar refractivity (Wildman–Crippen MR) is 98.1 cm³/mol. The van der Waals surface area contributed by atoms with Crippen molar-refractivity contribution < 1.29 is 9.47 Å². The topological polar surface area (TPSA) is 46.1 Å². The van der Waals surface area contributed by atoms with Gasteiger partial charge < -0.3 is 19.7 Å². The van der Waals surface area contributed by atoms with E-state index in [0.717, 1.165) is 42.5 Å². The van der Waals surface area contributed by atoms with Crippen molar-refractivity contribution in [1.82, 2.24) is 10.2 Å². The summed E-state index contributed by atoms with van der Waals surface area (Å²) >= 11 is 0. The average molecular weight is 407 g/mol. The first-order chi connectivity index (χ1) is 9.65. The van der Waals surface area contributed by atoms with Crippen molar-refractivity contribution >= 4 is 29.9 Å². The Morgan fingerprint density at radius 3 is 2.52 bits per heavy atom. The molecule has 6 heteroatoms. The number of benzene rings is 1.